The van der Waals surface area contributed by atoms with Crippen molar-refractivity contribution in [1.82, 2.24) is 15.5 Å². The summed E-state index contributed by atoms with van der Waals surface area (Å²) in [6, 6.07) is 11.0. The van der Waals surface area contributed by atoms with Gasteiger partial charge in [-0.05, 0) is 57.7 Å². The lowest BCUT2D eigenvalue weighted by Crippen LogP contribution is -2.24. The Labute approximate surface area is 181 Å². The third-order valence-corrected chi connectivity index (χ3v) is 5.55. The Balaban J connectivity index is 1.42. The van der Waals surface area contributed by atoms with Gasteiger partial charge in [-0.2, -0.15) is 0 Å². The molecule has 7 nitrogen and oxygen atoms in total. The smallest absolute Gasteiger partial charge is 0.255 e. The summed E-state index contributed by atoms with van der Waals surface area (Å²) < 4.78 is 17.2. The molecule has 1 amide bonds. The number of nitrogens with one attached hydrogen (secondary N) is 1. The van der Waals surface area contributed by atoms with Gasteiger partial charge in [-0.25, -0.2) is 4.98 Å². The summed E-state index contributed by atoms with van der Waals surface area (Å²) in [5.41, 5.74) is 3.00. The lowest BCUT2D eigenvalue weighted by atomic mass is 10.1. The Kier molecular flexibility index (Phi) is 6.50. The van der Waals surface area contributed by atoms with E-state index in [4.69, 9.17) is 14.0 Å². The standard InChI is InChI=1S/C24H27N3O4/c1-16-21(17(2)31-27-16)15-29-22-12-6-5-11-20(22)23(28)26-14-18-8-7-13-25-24(18)30-19-9-3-4-10-19/h5-8,11-13,19H,3-4,9-10,14-15H2,1-2H3,(H,26,28). The molecule has 7 heteroatoms. The van der Waals surface area contributed by atoms with Gasteiger partial charge in [0.05, 0.1) is 16.8 Å². The summed E-state index contributed by atoms with van der Waals surface area (Å²) in [5, 5.41) is 6.91. The van der Waals surface area contributed by atoms with Gasteiger partial charge < -0.3 is 19.3 Å². The van der Waals surface area contributed by atoms with Gasteiger partial charge in [-0.3, -0.25) is 4.79 Å². The third-order valence-electron chi connectivity index (χ3n) is 5.55. The zero-order valence-corrected chi connectivity index (χ0v) is 17.9. The number of benzene rings is 1. The third kappa shape index (κ3) is 5.05. The molecule has 0 radical (unpaired) electrons. The first kappa shape index (κ1) is 20.9. The minimum Gasteiger partial charge on any atom is -0.488 e. The SMILES string of the molecule is Cc1noc(C)c1COc1ccccc1C(=O)NCc1cccnc1OC1CCCC1. The van der Waals surface area contributed by atoms with Crippen molar-refractivity contribution >= 4 is 5.91 Å². The van der Waals surface area contributed by atoms with Crippen molar-refractivity contribution in [1.29, 1.82) is 0 Å². The number of para-hydroxylation sites is 1. The molecule has 1 aliphatic carbocycles. The summed E-state index contributed by atoms with van der Waals surface area (Å²) in [6.45, 7) is 4.32. The van der Waals surface area contributed by atoms with Gasteiger partial charge in [0.15, 0.2) is 0 Å². The van der Waals surface area contributed by atoms with E-state index in [1.807, 2.05) is 38.1 Å². The second-order valence-corrected chi connectivity index (χ2v) is 7.76. The number of rotatable bonds is 8. The second-order valence-electron chi connectivity index (χ2n) is 7.76. The number of hydrogen-bond acceptors (Lipinski definition) is 6. The number of ether oxygens (including phenoxy) is 2. The van der Waals surface area contributed by atoms with Crippen LogP contribution in [0.1, 0.15) is 58.6 Å². The van der Waals surface area contributed by atoms with Crippen molar-refractivity contribution in [3.63, 3.8) is 0 Å². The Hall–Kier alpha value is -3.35. The van der Waals surface area contributed by atoms with Gasteiger partial charge in [0, 0.05) is 18.3 Å². The largest absolute Gasteiger partial charge is 0.488 e. The van der Waals surface area contributed by atoms with E-state index in [2.05, 4.69) is 15.5 Å². The van der Waals surface area contributed by atoms with Crippen molar-refractivity contribution in [3.05, 3.63) is 70.7 Å². The Morgan fingerprint density at radius 1 is 1.16 bits per heavy atom. The van der Waals surface area contributed by atoms with E-state index in [9.17, 15) is 4.79 Å². The summed E-state index contributed by atoms with van der Waals surface area (Å²) in [5.74, 6) is 1.60. The summed E-state index contributed by atoms with van der Waals surface area (Å²) in [7, 11) is 0. The van der Waals surface area contributed by atoms with Crippen LogP contribution >= 0.6 is 0 Å². The van der Waals surface area contributed by atoms with Crippen LogP contribution in [0, 0.1) is 13.8 Å². The van der Waals surface area contributed by atoms with Crippen molar-refractivity contribution in [3.8, 4) is 11.6 Å². The predicted octanol–water partition coefficient (Wildman–Crippen LogP) is 4.52. The van der Waals surface area contributed by atoms with E-state index in [0.717, 1.165) is 29.7 Å². The average molecular weight is 421 g/mol. The van der Waals surface area contributed by atoms with Gasteiger partial charge in [0.1, 0.15) is 24.2 Å². The number of hydrogen-bond donors (Lipinski definition) is 1. The maximum Gasteiger partial charge on any atom is 0.255 e. The van der Waals surface area contributed by atoms with E-state index >= 15 is 0 Å². The van der Waals surface area contributed by atoms with Gasteiger partial charge in [-0.1, -0.05) is 23.4 Å². The highest BCUT2D eigenvalue weighted by atomic mass is 16.5. The molecule has 1 fully saturated rings. The topological polar surface area (TPSA) is 86.5 Å². The first-order chi connectivity index (χ1) is 15.1. The number of aromatic nitrogens is 2. The van der Waals surface area contributed by atoms with Crippen LogP contribution in [-0.4, -0.2) is 22.2 Å². The van der Waals surface area contributed by atoms with E-state index in [0.29, 0.717) is 29.5 Å². The van der Waals surface area contributed by atoms with Crippen LogP contribution in [0.2, 0.25) is 0 Å². The molecule has 3 aromatic rings. The van der Waals surface area contributed by atoms with E-state index in [1.165, 1.54) is 12.8 Å². The fraction of sp³-hybridized carbons (Fsp3) is 0.375. The first-order valence-corrected chi connectivity index (χ1v) is 10.6. The van der Waals surface area contributed by atoms with E-state index in [-0.39, 0.29) is 18.6 Å². The zero-order chi connectivity index (χ0) is 21.6. The molecule has 4 rings (SSSR count). The quantitative estimate of drug-likeness (QED) is 0.576. The van der Waals surface area contributed by atoms with Crippen LogP contribution in [0.4, 0.5) is 0 Å². The molecule has 1 N–H and O–H groups in total. The molecule has 2 aromatic heterocycles. The zero-order valence-electron chi connectivity index (χ0n) is 17.9. The van der Waals surface area contributed by atoms with Crippen molar-refractivity contribution in [2.45, 2.75) is 58.8 Å². The maximum absolute atomic E-state index is 12.9. The number of nitrogens with zero attached hydrogens (tertiary/aromatic N) is 2. The van der Waals surface area contributed by atoms with Crippen LogP contribution in [-0.2, 0) is 13.2 Å². The summed E-state index contributed by atoms with van der Waals surface area (Å²) in [6.07, 6.45) is 6.41. The van der Waals surface area contributed by atoms with Gasteiger partial charge >= 0.3 is 0 Å². The lowest BCUT2D eigenvalue weighted by molar-refractivity contribution is 0.0945. The number of pyridine rings is 1. The number of aryl methyl sites for hydroxylation is 2. The van der Waals surface area contributed by atoms with E-state index in [1.54, 1.807) is 18.3 Å². The normalized spacial score (nSPS) is 13.9. The Morgan fingerprint density at radius 2 is 1.97 bits per heavy atom. The van der Waals surface area contributed by atoms with Crippen LogP contribution in [0.15, 0.2) is 47.1 Å². The molecule has 2 heterocycles. The van der Waals surface area contributed by atoms with Gasteiger partial charge in [-0.15, -0.1) is 0 Å². The molecule has 0 bridgehead atoms. The molecule has 1 aliphatic rings. The number of carbonyl (C=O) groups is 1. The van der Waals surface area contributed by atoms with E-state index < -0.39 is 0 Å². The average Bonchev–Trinajstić information content (AvgIpc) is 3.41. The highest BCUT2D eigenvalue weighted by Gasteiger charge is 2.19. The summed E-state index contributed by atoms with van der Waals surface area (Å²) >= 11 is 0. The second kappa shape index (κ2) is 9.64. The first-order valence-electron chi connectivity index (χ1n) is 10.6. The molecule has 1 saturated carbocycles. The van der Waals surface area contributed by atoms with Crippen LogP contribution < -0.4 is 14.8 Å². The highest BCUT2D eigenvalue weighted by molar-refractivity contribution is 5.96. The molecule has 0 spiro atoms. The molecular weight excluding hydrogens is 394 g/mol. The van der Waals surface area contributed by atoms with Crippen molar-refractivity contribution < 1.29 is 18.8 Å². The Bertz CT molecular complexity index is 1020. The number of carbonyl (C=O) groups excluding carboxylic acids is 1. The lowest BCUT2D eigenvalue weighted by Gasteiger charge is -2.16. The van der Waals surface area contributed by atoms with Gasteiger partial charge in [0.25, 0.3) is 5.91 Å². The number of amides is 1. The van der Waals surface area contributed by atoms with Crippen LogP contribution in [0.25, 0.3) is 0 Å². The fourth-order valence-electron chi connectivity index (χ4n) is 3.74. The maximum atomic E-state index is 12.9. The molecule has 0 saturated heterocycles. The molecule has 0 aliphatic heterocycles. The Morgan fingerprint density at radius 3 is 2.74 bits per heavy atom. The van der Waals surface area contributed by atoms with Crippen LogP contribution in [0.5, 0.6) is 11.6 Å². The van der Waals surface area contributed by atoms with Gasteiger partial charge in [0.2, 0.25) is 5.88 Å². The molecule has 1 aromatic carbocycles. The minimum absolute atomic E-state index is 0.211. The molecular formula is C24H27N3O4. The molecule has 31 heavy (non-hydrogen) atoms. The fourth-order valence-corrected chi connectivity index (χ4v) is 3.74. The van der Waals surface area contributed by atoms with Crippen LogP contribution in [0.3, 0.4) is 0 Å². The minimum atomic E-state index is -0.218. The van der Waals surface area contributed by atoms with Crippen molar-refractivity contribution in [2.75, 3.05) is 0 Å². The predicted molar refractivity (Wildman–Crippen MR) is 115 cm³/mol. The molecule has 162 valence electrons. The van der Waals surface area contributed by atoms with Crippen molar-refractivity contribution in [2.24, 2.45) is 0 Å². The molecule has 0 unspecified atom stereocenters. The molecule has 0 atom stereocenters. The monoisotopic (exact) mass is 421 g/mol. The summed E-state index contributed by atoms with van der Waals surface area (Å²) in [4.78, 5) is 17.3. The highest BCUT2D eigenvalue weighted by Crippen LogP contribution is 2.25.